The van der Waals surface area contributed by atoms with Crippen molar-refractivity contribution in [1.29, 1.82) is 0 Å². The molecule has 25 heavy (non-hydrogen) atoms. The summed E-state index contributed by atoms with van der Waals surface area (Å²) >= 11 is 0. The van der Waals surface area contributed by atoms with E-state index in [0.717, 1.165) is 24.2 Å². The molecule has 1 unspecified atom stereocenters. The van der Waals surface area contributed by atoms with Gasteiger partial charge in [0.1, 0.15) is 5.76 Å². The second kappa shape index (κ2) is 6.54. The maximum atomic E-state index is 12.9. The van der Waals surface area contributed by atoms with E-state index in [4.69, 9.17) is 9.15 Å². The average Bonchev–Trinajstić information content (AvgIpc) is 3.04. The Kier molecular flexibility index (Phi) is 4.58. The van der Waals surface area contributed by atoms with E-state index < -0.39 is 11.9 Å². The van der Waals surface area contributed by atoms with Crippen molar-refractivity contribution in [2.75, 3.05) is 6.61 Å². The lowest BCUT2D eigenvalue weighted by atomic mass is 9.69. The fourth-order valence-electron chi connectivity index (χ4n) is 3.72. The van der Waals surface area contributed by atoms with Gasteiger partial charge >= 0.3 is 5.97 Å². The lowest BCUT2D eigenvalue weighted by Gasteiger charge is -2.38. The SMILES string of the molecule is CCCOC(=O)C1=C(C)NC2=C(C(=O)CC(C)(C)C2)C1c1ccco1. The zero-order valence-corrected chi connectivity index (χ0v) is 15.3. The molecular formula is C20H25NO4. The summed E-state index contributed by atoms with van der Waals surface area (Å²) < 4.78 is 11.0. The van der Waals surface area contributed by atoms with E-state index in [1.54, 1.807) is 12.3 Å². The number of dihydropyridines is 1. The molecule has 1 aliphatic heterocycles. The maximum Gasteiger partial charge on any atom is 0.336 e. The van der Waals surface area contributed by atoms with Gasteiger partial charge in [-0.2, -0.15) is 0 Å². The van der Waals surface area contributed by atoms with Crippen LogP contribution in [-0.4, -0.2) is 18.4 Å². The smallest absolute Gasteiger partial charge is 0.336 e. The highest BCUT2D eigenvalue weighted by atomic mass is 16.5. The van der Waals surface area contributed by atoms with Crippen LogP contribution in [0.4, 0.5) is 0 Å². The van der Waals surface area contributed by atoms with Crippen molar-refractivity contribution in [2.24, 2.45) is 5.41 Å². The van der Waals surface area contributed by atoms with Crippen molar-refractivity contribution in [3.05, 3.63) is 46.7 Å². The van der Waals surface area contributed by atoms with Gasteiger partial charge in [-0.05, 0) is 37.3 Å². The van der Waals surface area contributed by atoms with Crippen LogP contribution in [0.2, 0.25) is 0 Å². The van der Waals surface area contributed by atoms with Crippen molar-refractivity contribution in [3.8, 4) is 0 Å². The van der Waals surface area contributed by atoms with E-state index in [2.05, 4.69) is 19.2 Å². The molecule has 0 saturated carbocycles. The molecule has 0 amide bonds. The molecule has 0 saturated heterocycles. The minimum atomic E-state index is -0.501. The van der Waals surface area contributed by atoms with E-state index in [1.165, 1.54) is 0 Å². The molecule has 0 aromatic carbocycles. The molecule has 1 aliphatic carbocycles. The number of ether oxygens (including phenoxy) is 1. The summed E-state index contributed by atoms with van der Waals surface area (Å²) in [6.07, 6.45) is 3.54. The monoisotopic (exact) mass is 343 g/mol. The second-order valence-corrected chi connectivity index (χ2v) is 7.58. The first kappa shape index (κ1) is 17.5. The summed E-state index contributed by atoms with van der Waals surface area (Å²) in [5.74, 6) is -0.227. The third kappa shape index (κ3) is 3.28. The molecule has 1 aromatic heterocycles. The van der Waals surface area contributed by atoms with Crippen LogP contribution in [0.5, 0.6) is 0 Å². The molecular weight excluding hydrogens is 318 g/mol. The molecule has 1 N–H and O–H groups in total. The van der Waals surface area contributed by atoms with Crippen LogP contribution in [-0.2, 0) is 14.3 Å². The second-order valence-electron chi connectivity index (χ2n) is 7.58. The Morgan fingerprint density at radius 3 is 2.80 bits per heavy atom. The zero-order valence-electron chi connectivity index (χ0n) is 15.3. The molecule has 5 heteroatoms. The fourth-order valence-corrected chi connectivity index (χ4v) is 3.72. The van der Waals surface area contributed by atoms with Gasteiger partial charge < -0.3 is 14.5 Å². The van der Waals surface area contributed by atoms with Gasteiger partial charge in [-0.3, -0.25) is 4.79 Å². The van der Waals surface area contributed by atoms with E-state index in [-0.39, 0.29) is 11.2 Å². The van der Waals surface area contributed by atoms with Crippen LogP contribution in [0.1, 0.15) is 58.6 Å². The third-order valence-corrected chi connectivity index (χ3v) is 4.72. The van der Waals surface area contributed by atoms with Gasteiger partial charge in [0, 0.05) is 23.4 Å². The highest BCUT2D eigenvalue weighted by Gasteiger charge is 2.44. The molecule has 0 radical (unpaired) electrons. The summed E-state index contributed by atoms with van der Waals surface area (Å²) in [7, 11) is 0. The Balaban J connectivity index is 2.08. The van der Waals surface area contributed by atoms with Crippen LogP contribution in [0.25, 0.3) is 0 Å². The van der Waals surface area contributed by atoms with E-state index >= 15 is 0 Å². The first-order valence-electron chi connectivity index (χ1n) is 8.78. The summed E-state index contributed by atoms with van der Waals surface area (Å²) in [5, 5.41) is 3.30. The van der Waals surface area contributed by atoms with Crippen LogP contribution in [0.3, 0.4) is 0 Å². The largest absolute Gasteiger partial charge is 0.468 e. The third-order valence-electron chi connectivity index (χ3n) is 4.72. The van der Waals surface area contributed by atoms with Crippen molar-refractivity contribution in [3.63, 3.8) is 0 Å². The lowest BCUT2D eigenvalue weighted by molar-refractivity contribution is -0.139. The quantitative estimate of drug-likeness (QED) is 0.841. The molecule has 2 heterocycles. The molecule has 0 bridgehead atoms. The van der Waals surface area contributed by atoms with Gasteiger partial charge in [0.15, 0.2) is 5.78 Å². The maximum absolute atomic E-state index is 12.9. The van der Waals surface area contributed by atoms with Crippen LogP contribution in [0.15, 0.2) is 45.4 Å². The summed E-state index contributed by atoms with van der Waals surface area (Å²) in [5.41, 5.74) is 2.63. The summed E-state index contributed by atoms with van der Waals surface area (Å²) in [6, 6.07) is 3.59. The molecule has 5 nitrogen and oxygen atoms in total. The number of hydrogen-bond acceptors (Lipinski definition) is 5. The number of rotatable bonds is 4. The van der Waals surface area contributed by atoms with E-state index in [9.17, 15) is 9.59 Å². The Hall–Kier alpha value is -2.30. The number of nitrogens with one attached hydrogen (secondary N) is 1. The standard InChI is InChI=1S/C20H25NO4/c1-5-8-25-19(23)16-12(2)21-13-10-20(3,4)11-14(22)17(13)18(16)15-7-6-9-24-15/h6-7,9,18,21H,5,8,10-11H2,1-4H3. The predicted octanol–water partition coefficient (Wildman–Crippen LogP) is 3.84. The molecule has 134 valence electrons. The van der Waals surface area contributed by atoms with Gasteiger partial charge in [-0.15, -0.1) is 0 Å². The molecule has 3 rings (SSSR count). The van der Waals surface area contributed by atoms with E-state index in [1.807, 2.05) is 19.9 Å². The topological polar surface area (TPSA) is 68.5 Å². The average molecular weight is 343 g/mol. The molecule has 0 spiro atoms. The molecule has 2 aliphatic rings. The minimum absolute atomic E-state index is 0.0634. The van der Waals surface area contributed by atoms with Crippen LogP contribution >= 0.6 is 0 Å². The van der Waals surface area contributed by atoms with Gasteiger partial charge in [-0.25, -0.2) is 4.79 Å². The Morgan fingerprint density at radius 2 is 2.16 bits per heavy atom. The number of carbonyl (C=O) groups excluding carboxylic acids is 2. The highest BCUT2D eigenvalue weighted by molar-refractivity contribution is 6.03. The Bertz CT molecular complexity index is 753. The Labute approximate surface area is 148 Å². The number of furan rings is 1. The minimum Gasteiger partial charge on any atom is -0.468 e. The number of carbonyl (C=O) groups is 2. The number of Topliss-reactive ketones (excluding diaryl/α,β-unsaturated/α-hetero) is 1. The Morgan fingerprint density at radius 1 is 1.40 bits per heavy atom. The van der Waals surface area contributed by atoms with E-state index in [0.29, 0.717) is 29.9 Å². The lowest BCUT2D eigenvalue weighted by Crippen LogP contribution is -2.38. The zero-order chi connectivity index (χ0) is 18.2. The summed E-state index contributed by atoms with van der Waals surface area (Å²) in [4.78, 5) is 25.6. The normalized spacial score (nSPS) is 22.6. The van der Waals surface area contributed by atoms with Gasteiger partial charge in [0.25, 0.3) is 0 Å². The predicted molar refractivity (Wildman–Crippen MR) is 93.6 cm³/mol. The first-order chi connectivity index (χ1) is 11.8. The summed E-state index contributed by atoms with van der Waals surface area (Å²) in [6.45, 7) is 8.33. The van der Waals surface area contributed by atoms with Gasteiger partial charge in [0.2, 0.25) is 0 Å². The fraction of sp³-hybridized carbons (Fsp3) is 0.500. The van der Waals surface area contributed by atoms with Gasteiger partial charge in [0.05, 0.1) is 24.4 Å². The van der Waals surface area contributed by atoms with Crippen LogP contribution < -0.4 is 5.32 Å². The number of allylic oxidation sites excluding steroid dienone is 3. The van der Waals surface area contributed by atoms with Crippen molar-refractivity contribution >= 4 is 11.8 Å². The van der Waals surface area contributed by atoms with Crippen molar-refractivity contribution in [2.45, 2.75) is 52.9 Å². The number of ketones is 1. The van der Waals surface area contributed by atoms with Crippen molar-refractivity contribution < 1.29 is 18.7 Å². The first-order valence-corrected chi connectivity index (χ1v) is 8.78. The van der Waals surface area contributed by atoms with Crippen LogP contribution in [0, 0.1) is 5.41 Å². The van der Waals surface area contributed by atoms with Gasteiger partial charge in [-0.1, -0.05) is 20.8 Å². The molecule has 1 aromatic rings. The highest BCUT2D eigenvalue weighted by Crippen LogP contribution is 2.46. The number of esters is 1. The molecule has 0 fully saturated rings. The van der Waals surface area contributed by atoms with Crippen molar-refractivity contribution in [1.82, 2.24) is 5.32 Å². The number of hydrogen-bond donors (Lipinski definition) is 1. The molecule has 1 atom stereocenters.